The molecular weight excluding hydrogens is 242 g/mol. The number of aliphatic hydroxyl groups is 1. The van der Waals surface area contributed by atoms with Crippen LogP contribution >= 0.6 is 0 Å². The number of aliphatic hydroxyl groups excluding tert-OH is 1. The first kappa shape index (κ1) is 14.1. The highest BCUT2D eigenvalue weighted by Crippen LogP contribution is 2.23. The van der Waals surface area contributed by atoms with E-state index in [-0.39, 0.29) is 24.5 Å². The van der Waals surface area contributed by atoms with E-state index in [4.69, 9.17) is 0 Å². The number of nitrogens with zero attached hydrogens (tertiary/aromatic N) is 2. The maximum absolute atomic E-state index is 12.5. The fraction of sp³-hybridized carbons (Fsp3) is 0.714. The number of H-pyrrole nitrogens is 1. The van der Waals surface area contributed by atoms with Gasteiger partial charge in [0.15, 0.2) is 0 Å². The quantitative estimate of drug-likeness (QED) is 0.875. The number of hydrogen-bond donors (Lipinski definition) is 2. The van der Waals surface area contributed by atoms with Gasteiger partial charge < -0.3 is 10.0 Å². The van der Waals surface area contributed by atoms with Gasteiger partial charge >= 0.3 is 0 Å². The third-order valence-electron chi connectivity index (χ3n) is 3.94. The monoisotopic (exact) mass is 265 g/mol. The smallest absolute Gasteiger partial charge is 0.274 e. The predicted octanol–water partition coefficient (Wildman–Crippen LogP) is 1.77. The van der Waals surface area contributed by atoms with E-state index in [0.29, 0.717) is 18.2 Å². The third-order valence-corrected chi connectivity index (χ3v) is 3.94. The van der Waals surface area contributed by atoms with Crippen LogP contribution in [0.3, 0.4) is 0 Å². The average molecular weight is 265 g/mol. The molecule has 2 rings (SSSR count). The molecular formula is C14H23N3O2. The van der Waals surface area contributed by atoms with Crippen LogP contribution in [0, 0.1) is 5.92 Å². The minimum atomic E-state index is -0.0335. The van der Waals surface area contributed by atoms with Crippen molar-refractivity contribution in [2.24, 2.45) is 5.92 Å². The molecule has 1 fully saturated rings. The lowest BCUT2D eigenvalue weighted by molar-refractivity contribution is 0.0483. The molecule has 0 spiro atoms. The van der Waals surface area contributed by atoms with E-state index in [2.05, 4.69) is 31.0 Å². The van der Waals surface area contributed by atoms with E-state index in [9.17, 15) is 9.90 Å². The second-order valence-electron chi connectivity index (χ2n) is 5.80. The Morgan fingerprint density at radius 1 is 1.58 bits per heavy atom. The first-order valence-electron chi connectivity index (χ1n) is 7.00. The average Bonchev–Trinajstić information content (AvgIpc) is 2.88. The van der Waals surface area contributed by atoms with E-state index in [1.807, 2.05) is 11.0 Å². The van der Waals surface area contributed by atoms with Crippen LogP contribution in [-0.2, 0) is 0 Å². The zero-order valence-electron chi connectivity index (χ0n) is 11.9. The van der Waals surface area contributed by atoms with Crippen LogP contribution in [0.4, 0.5) is 0 Å². The second kappa shape index (κ2) is 5.74. The lowest BCUT2D eigenvalue weighted by Crippen LogP contribution is -2.46. The summed E-state index contributed by atoms with van der Waals surface area (Å²) < 4.78 is 0. The van der Waals surface area contributed by atoms with Crippen molar-refractivity contribution in [2.45, 2.75) is 45.6 Å². The van der Waals surface area contributed by atoms with Crippen LogP contribution in [0.2, 0.25) is 0 Å². The molecule has 1 aliphatic heterocycles. The Morgan fingerprint density at radius 2 is 2.32 bits per heavy atom. The molecule has 106 valence electrons. The van der Waals surface area contributed by atoms with Crippen LogP contribution in [0.15, 0.2) is 6.07 Å². The van der Waals surface area contributed by atoms with Gasteiger partial charge in [0.25, 0.3) is 5.91 Å². The van der Waals surface area contributed by atoms with Crippen molar-refractivity contribution in [1.82, 2.24) is 15.1 Å². The maximum Gasteiger partial charge on any atom is 0.274 e. The van der Waals surface area contributed by atoms with Gasteiger partial charge in [-0.2, -0.15) is 5.10 Å². The van der Waals surface area contributed by atoms with Gasteiger partial charge in [-0.25, -0.2) is 0 Å². The molecule has 0 saturated carbocycles. The number of piperidine rings is 1. The molecule has 2 heterocycles. The minimum absolute atomic E-state index is 0.0335. The summed E-state index contributed by atoms with van der Waals surface area (Å²) in [6, 6.07) is 2.05. The molecule has 2 atom stereocenters. The minimum Gasteiger partial charge on any atom is -0.396 e. The SMILES string of the molecule is CC(C)c1cc(C(=O)N2CC(CO)CCC2C)n[nH]1. The first-order valence-corrected chi connectivity index (χ1v) is 7.00. The summed E-state index contributed by atoms with van der Waals surface area (Å²) >= 11 is 0. The number of likely N-dealkylation sites (tertiary alicyclic amines) is 1. The number of aromatic amines is 1. The summed E-state index contributed by atoms with van der Waals surface area (Å²) in [6.45, 7) is 6.95. The second-order valence-corrected chi connectivity index (χ2v) is 5.80. The number of nitrogens with one attached hydrogen (secondary N) is 1. The highest BCUT2D eigenvalue weighted by Gasteiger charge is 2.30. The molecule has 0 aromatic carbocycles. The number of amides is 1. The van der Waals surface area contributed by atoms with Gasteiger partial charge in [0, 0.05) is 24.9 Å². The molecule has 5 heteroatoms. The van der Waals surface area contributed by atoms with E-state index < -0.39 is 0 Å². The number of rotatable bonds is 3. The van der Waals surface area contributed by atoms with Gasteiger partial charge in [0.2, 0.25) is 0 Å². The van der Waals surface area contributed by atoms with Crippen molar-refractivity contribution in [2.75, 3.05) is 13.2 Å². The Bertz CT molecular complexity index is 442. The Balaban J connectivity index is 2.12. The first-order chi connectivity index (χ1) is 9.02. The van der Waals surface area contributed by atoms with Gasteiger partial charge in [-0.05, 0) is 37.7 Å². The highest BCUT2D eigenvalue weighted by atomic mass is 16.3. The van der Waals surface area contributed by atoms with Gasteiger partial charge in [-0.15, -0.1) is 0 Å². The van der Waals surface area contributed by atoms with Crippen LogP contribution in [0.25, 0.3) is 0 Å². The molecule has 1 saturated heterocycles. The third kappa shape index (κ3) is 2.97. The molecule has 1 aliphatic rings. The molecule has 0 radical (unpaired) electrons. The lowest BCUT2D eigenvalue weighted by Gasteiger charge is -2.37. The number of aromatic nitrogens is 2. The fourth-order valence-corrected chi connectivity index (χ4v) is 2.50. The summed E-state index contributed by atoms with van der Waals surface area (Å²) in [7, 11) is 0. The summed E-state index contributed by atoms with van der Waals surface area (Å²) in [5, 5.41) is 16.3. The molecule has 1 aromatic heterocycles. The van der Waals surface area contributed by atoms with Crippen molar-refractivity contribution >= 4 is 5.91 Å². The van der Waals surface area contributed by atoms with Crippen molar-refractivity contribution in [3.05, 3.63) is 17.5 Å². The topological polar surface area (TPSA) is 69.2 Å². The summed E-state index contributed by atoms with van der Waals surface area (Å²) in [6.07, 6.45) is 1.93. The molecule has 1 amide bonds. The Morgan fingerprint density at radius 3 is 2.89 bits per heavy atom. The van der Waals surface area contributed by atoms with Crippen molar-refractivity contribution in [1.29, 1.82) is 0 Å². The Hall–Kier alpha value is -1.36. The van der Waals surface area contributed by atoms with Crippen molar-refractivity contribution < 1.29 is 9.90 Å². The maximum atomic E-state index is 12.5. The lowest BCUT2D eigenvalue weighted by atomic mass is 9.94. The van der Waals surface area contributed by atoms with Crippen LogP contribution in [0.1, 0.15) is 55.7 Å². The van der Waals surface area contributed by atoms with Crippen LogP contribution in [0.5, 0.6) is 0 Å². The molecule has 0 aliphatic carbocycles. The normalized spacial score (nSPS) is 23.9. The Kier molecular flexibility index (Phi) is 4.24. The summed E-state index contributed by atoms with van der Waals surface area (Å²) in [4.78, 5) is 14.3. The van der Waals surface area contributed by atoms with Crippen molar-refractivity contribution in [3.63, 3.8) is 0 Å². The van der Waals surface area contributed by atoms with Crippen LogP contribution in [-0.4, -0.2) is 45.3 Å². The van der Waals surface area contributed by atoms with Gasteiger partial charge in [0.1, 0.15) is 5.69 Å². The van der Waals surface area contributed by atoms with Crippen LogP contribution < -0.4 is 0 Å². The number of carbonyl (C=O) groups is 1. The van der Waals surface area contributed by atoms with E-state index in [0.717, 1.165) is 18.5 Å². The zero-order valence-corrected chi connectivity index (χ0v) is 11.9. The fourth-order valence-electron chi connectivity index (χ4n) is 2.50. The standard InChI is InChI=1S/C14H23N3O2/c1-9(2)12-6-13(16-15-12)14(19)17-7-11(8-18)5-4-10(17)3/h6,9-11,18H,4-5,7-8H2,1-3H3,(H,15,16). The molecule has 19 heavy (non-hydrogen) atoms. The van der Waals surface area contributed by atoms with Gasteiger partial charge in [0.05, 0.1) is 0 Å². The summed E-state index contributed by atoms with van der Waals surface area (Å²) in [5.74, 6) is 0.496. The largest absolute Gasteiger partial charge is 0.396 e. The highest BCUT2D eigenvalue weighted by molar-refractivity contribution is 5.92. The molecule has 2 unspecified atom stereocenters. The number of carbonyl (C=O) groups excluding carboxylic acids is 1. The zero-order chi connectivity index (χ0) is 14.0. The Labute approximate surface area is 114 Å². The molecule has 5 nitrogen and oxygen atoms in total. The molecule has 1 aromatic rings. The van der Waals surface area contributed by atoms with Crippen molar-refractivity contribution in [3.8, 4) is 0 Å². The van der Waals surface area contributed by atoms with E-state index >= 15 is 0 Å². The predicted molar refractivity (Wildman–Crippen MR) is 73.0 cm³/mol. The van der Waals surface area contributed by atoms with E-state index in [1.165, 1.54) is 0 Å². The number of hydrogen-bond acceptors (Lipinski definition) is 3. The molecule has 2 N–H and O–H groups in total. The summed E-state index contributed by atoms with van der Waals surface area (Å²) in [5.41, 5.74) is 1.46. The van der Waals surface area contributed by atoms with Gasteiger partial charge in [-0.3, -0.25) is 9.89 Å². The van der Waals surface area contributed by atoms with E-state index in [1.54, 1.807) is 0 Å². The van der Waals surface area contributed by atoms with Gasteiger partial charge in [-0.1, -0.05) is 13.8 Å². The molecule has 0 bridgehead atoms.